The lowest BCUT2D eigenvalue weighted by molar-refractivity contribution is 0.323. The highest BCUT2D eigenvalue weighted by atomic mass is 16.5. The van der Waals surface area contributed by atoms with Gasteiger partial charge >= 0.3 is 0 Å². The summed E-state index contributed by atoms with van der Waals surface area (Å²) in [4.78, 5) is 0. The van der Waals surface area contributed by atoms with E-state index in [1.54, 1.807) is 21.3 Å². The van der Waals surface area contributed by atoms with Crippen molar-refractivity contribution in [3.05, 3.63) is 17.7 Å². The molecule has 0 aliphatic heterocycles. The van der Waals surface area contributed by atoms with Gasteiger partial charge in [-0.1, -0.05) is 19.8 Å². The Hall–Kier alpha value is -1.89. The Bertz CT molecular complexity index is 426. The summed E-state index contributed by atoms with van der Waals surface area (Å²) in [5.41, 5.74) is 0.908. The molecule has 1 aromatic carbocycles. The Balaban J connectivity index is 3.17. The van der Waals surface area contributed by atoms with Crippen LogP contribution in [0.4, 0.5) is 0 Å². The van der Waals surface area contributed by atoms with Gasteiger partial charge in [0.15, 0.2) is 11.5 Å². The van der Waals surface area contributed by atoms with E-state index in [1.165, 1.54) is 0 Å². The van der Waals surface area contributed by atoms with E-state index in [-0.39, 0.29) is 5.92 Å². The zero-order chi connectivity index (χ0) is 14.3. The molecule has 4 nitrogen and oxygen atoms in total. The number of nitrogens with zero attached hydrogens (tertiary/aromatic N) is 1. The summed E-state index contributed by atoms with van der Waals surface area (Å²) in [6.45, 7) is 2.11. The Morgan fingerprint density at radius 3 is 2.05 bits per heavy atom. The molecule has 1 aromatic rings. The van der Waals surface area contributed by atoms with Crippen molar-refractivity contribution in [3.63, 3.8) is 0 Å². The van der Waals surface area contributed by atoms with E-state index >= 15 is 0 Å². The molecule has 104 valence electrons. The van der Waals surface area contributed by atoms with Gasteiger partial charge in [0.05, 0.1) is 33.3 Å². The molecule has 0 aliphatic carbocycles. The van der Waals surface area contributed by atoms with Gasteiger partial charge < -0.3 is 14.2 Å². The molecular weight excluding hydrogens is 242 g/mol. The fourth-order valence-electron chi connectivity index (χ4n) is 2.02. The molecule has 0 aromatic heterocycles. The molecule has 0 N–H and O–H groups in total. The summed E-state index contributed by atoms with van der Waals surface area (Å²) < 4.78 is 15.9. The monoisotopic (exact) mass is 263 g/mol. The standard InChI is InChI=1S/C15H21NO3/c1-5-6-7-11(10-16)12-8-13(17-2)15(19-4)14(9-12)18-3/h8-9,11H,5-7H2,1-4H3. The van der Waals surface area contributed by atoms with E-state index in [9.17, 15) is 5.26 Å². The molecule has 1 atom stereocenters. The number of methoxy groups -OCH3 is 3. The van der Waals surface area contributed by atoms with Crippen LogP contribution in [0.5, 0.6) is 17.2 Å². The smallest absolute Gasteiger partial charge is 0.203 e. The SMILES string of the molecule is CCCCC(C#N)c1cc(OC)c(OC)c(OC)c1. The average molecular weight is 263 g/mol. The molecule has 0 radical (unpaired) electrons. The third kappa shape index (κ3) is 3.54. The van der Waals surface area contributed by atoms with Crippen molar-refractivity contribution in [2.75, 3.05) is 21.3 Å². The second-order valence-corrected chi connectivity index (χ2v) is 4.28. The van der Waals surface area contributed by atoms with Crippen molar-refractivity contribution in [1.82, 2.24) is 0 Å². The summed E-state index contributed by atoms with van der Waals surface area (Å²) in [6.07, 6.45) is 2.93. The summed E-state index contributed by atoms with van der Waals surface area (Å²) in [5, 5.41) is 9.30. The Labute approximate surface area is 114 Å². The zero-order valence-corrected chi connectivity index (χ0v) is 12.0. The van der Waals surface area contributed by atoms with Crippen molar-refractivity contribution in [3.8, 4) is 23.3 Å². The molecule has 0 spiro atoms. The van der Waals surface area contributed by atoms with E-state index in [0.29, 0.717) is 17.2 Å². The molecule has 0 saturated carbocycles. The third-order valence-corrected chi connectivity index (χ3v) is 3.09. The van der Waals surface area contributed by atoms with Gasteiger partial charge in [0, 0.05) is 0 Å². The van der Waals surface area contributed by atoms with Crippen molar-refractivity contribution in [2.45, 2.75) is 32.1 Å². The summed E-state index contributed by atoms with van der Waals surface area (Å²) in [6, 6.07) is 6.05. The first-order chi connectivity index (χ1) is 9.21. The highest BCUT2D eigenvalue weighted by Crippen LogP contribution is 2.40. The van der Waals surface area contributed by atoms with Crippen LogP contribution >= 0.6 is 0 Å². The fraction of sp³-hybridized carbons (Fsp3) is 0.533. The zero-order valence-electron chi connectivity index (χ0n) is 12.0. The molecule has 0 heterocycles. The molecule has 19 heavy (non-hydrogen) atoms. The summed E-state index contributed by atoms with van der Waals surface area (Å²) in [7, 11) is 4.72. The fourth-order valence-corrected chi connectivity index (χ4v) is 2.02. The number of rotatable bonds is 7. The normalized spacial score (nSPS) is 11.5. The number of benzene rings is 1. The van der Waals surface area contributed by atoms with Gasteiger partial charge in [-0.15, -0.1) is 0 Å². The van der Waals surface area contributed by atoms with Crippen molar-refractivity contribution < 1.29 is 14.2 Å². The first-order valence-electron chi connectivity index (χ1n) is 6.41. The minimum Gasteiger partial charge on any atom is -0.493 e. The number of hydrogen-bond donors (Lipinski definition) is 0. The molecule has 0 bridgehead atoms. The topological polar surface area (TPSA) is 51.5 Å². The average Bonchev–Trinajstić information content (AvgIpc) is 2.46. The summed E-state index contributed by atoms with van der Waals surface area (Å²) in [5.74, 6) is 1.59. The van der Waals surface area contributed by atoms with E-state index in [2.05, 4.69) is 13.0 Å². The van der Waals surface area contributed by atoms with Crippen LogP contribution < -0.4 is 14.2 Å². The lowest BCUT2D eigenvalue weighted by Gasteiger charge is -2.16. The molecule has 0 fully saturated rings. The first kappa shape index (κ1) is 15.2. The summed E-state index contributed by atoms with van der Waals surface area (Å²) >= 11 is 0. The predicted molar refractivity (Wildman–Crippen MR) is 74.0 cm³/mol. The van der Waals surface area contributed by atoms with Gasteiger partial charge in [-0.2, -0.15) is 5.26 Å². The molecule has 0 amide bonds. The van der Waals surface area contributed by atoms with Crippen molar-refractivity contribution in [2.24, 2.45) is 0 Å². The van der Waals surface area contributed by atoms with Crippen LogP contribution in [0, 0.1) is 11.3 Å². The van der Waals surface area contributed by atoms with Crippen LogP contribution in [-0.2, 0) is 0 Å². The molecule has 1 unspecified atom stereocenters. The molecule has 0 saturated heterocycles. The largest absolute Gasteiger partial charge is 0.493 e. The van der Waals surface area contributed by atoms with Crippen LogP contribution in [0.2, 0.25) is 0 Å². The highest BCUT2D eigenvalue weighted by molar-refractivity contribution is 5.55. The number of hydrogen-bond acceptors (Lipinski definition) is 4. The van der Waals surface area contributed by atoms with Gasteiger partial charge in [0.2, 0.25) is 5.75 Å². The Kier molecular flexibility index (Phi) is 6.01. The van der Waals surface area contributed by atoms with Crippen molar-refractivity contribution in [1.29, 1.82) is 5.26 Å². The van der Waals surface area contributed by atoms with E-state index < -0.39 is 0 Å². The van der Waals surface area contributed by atoms with Gasteiger partial charge in [-0.3, -0.25) is 0 Å². The molecule has 0 aliphatic rings. The minimum atomic E-state index is -0.145. The molecule has 1 rings (SSSR count). The van der Waals surface area contributed by atoms with Crippen molar-refractivity contribution >= 4 is 0 Å². The predicted octanol–water partition coefficient (Wildman–Crippen LogP) is 3.51. The lowest BCUT2D eigenvalue weighted by atomic mass is 9.94. The maximum atomic E-state index is 9.30. The number of unbranched alkanes of at least 4 members (excludes halogenated alkanes) is 1. The lowest BCUT2D eigenvalue weighted by Crippen LogP contribution is -2.01. The highest BCUT2D eigenvalue weighted by Gasteiger charge is 2.18. The Morgan fingerprint density at radius 1 is 1.11 bits per heavy atom. The molecular formula is C15H21NO3. The Morgan fingerprint density at radius 2 is 1.68 bits per heavy atom. The van der Waals surface area contributed by atoms with Gasteiger partial charge in [0.25, 0.3) is 0 Å². The maximum Gasteiger partial charge on any atom is 0.203 e. The number of ether oxygens (including phenoxy) is 3. The maximum absolute atomic E-state index is 9.30. The third-order valence-electron chi connectivity index (χ3n) is 3.09. The second kappa shape index (κ2) is 7.52. The number of nitriles is 1. The van der Waals surface area contributed by atoms with E-state index in [4.69, 9.17) is 14.2 Å². The van der Waals surface area contributed by atoms with Crippen LogP contribution in [0.25, 0.3) is 0 Å². The molecule has 4 heteroatoms. The minimum absolute atomic E-state index is 0.145. The van der Waals surface area contributed by atoms with Crippen LogP contribution in [0.3, 0.4) is 0 Å². The van der Waals surface area contributed by atoms with Crippen LogP contribution in [0.15, 0.2) is 12.1 Å². The van der Waals surface area contributed by atoms with Gasteiger partial charge in [-0.25, -0.2) is 0 Å². The quantitative estimate of drug-likeness (QED) is 0.755. The van der Waals surface area contributed by atoms with Crippen LogP contribution in [0.1, 0.15) is 37.7 Å². The van der Waals surface area contributed by atoms with Gasteiger partial charge in [-0.05, 0) is 24.1 Å². The van der Waals surface area contributed by atoms with Crippen LogP contribution in [-0.4, -0.2) is 21.3 Å². The van der Waals surface area contributed by atoms with Gasteiger partial charge in [0.1, 0.15) is 0 Å². The van der Waals surface area contributed by atoms with E-state index in [1.807, 2.05) is 12.1 Å². The second-order valence-electron chi connectivity index (χ2n) is 4.28. The first-order valence-corrected chi connectivity index (χ1v) is 6.41. The van der Waals surface area contributed by atoms with E-state index in [0.717, 1.165) is 24.8 Å².